The number of aryl methyl sites for hydroxylation is 1. The number of hydrogen-bond donors (Lipinski definition) is 1. The van der Waals surface area contributed by atoms with Gasteiger partial charge in [-0.3, -0.25) is 10.1 Å². The normalized spacial score (nSPS) is 12.0. The summed E-state index contributed by atoms with van der Waals surface area (Å²) in [4.78, 5) is 10.4. The Kier molecular flexibility index (Phi) is 4.18. The van der Waals surface area contributed by atoms with E-state index in [9.17, 15) is 14.5 Å². The average Bonchev–Trinajstić information content (AvgIpc) is 2.48. The van der Waals surface area contributed by atoms with Crippen LogP contribution in [-0.2, 0) is 0 Å². The number of ether oxygens (including phenoxy) is 1. The molecule has 0 spiro atoms. The van der Waals surface area contributed by atoms with Crippen molar-refractivity contribution in [3.63, 3.8) is 0 Å². The highest BCUT2D eigenvalue weighted by Gasteiger charge is 2.19. The van der Waals surface area contributed by atoms with Crippen molar-refractivity contribution in [3.8, 4) is 5.75 Å². The highest BCUT2D eigenvalue weighted by molar-refractivity contribution is 5.48. The summed E-state index contributed by atoms with van der Waals surface area (Å²) in [6, 6.07) is 8.10. The Morgan fingerprint density at radius 3 is 2.57 bits per heavy atom. The monoisotopic (exact) mass is 290 g/mol. The van der Waals surface area contributed by atoms with Gasteiger partial charge in [0, 0.05) is 17.7 Å². The van der Waals surface area contributed by atoms with Crippen LogP contribution in [0.4, 0.5) is 10.1 Å². The van der Waals surface area contributed by atoms with Crippen molar-refractivity contribution in [1.29, 1.82) is 0 Å². The van der Waals surface area contributed by atoms with E-state index >= 15 is 0 Å². The number of halogens is 1. The zero-order chi connectivity index (χ0) is 15.6. The number of nitro benzene ring substituents is 1. The Bertz CT molecular complexity index is 689. The molecule has 1 unspecified atom stereocenters. The van der Waals surface area contributed by atoms with Gasteiger partial charge in [0.1, 0.15) is 11.6 Å². The minimum Gasteiger partial charge on any atom is -0.496 e. The number of nitrogens with two attached hydrogens (primary N) is 1. The van der Waals surface area contributed by atoms with Crippen molar-refractivity contribution < 1.29 is 14.1 Å². The standard InChI is InChI=1S/C15H15FN2O3/c1-9-3-4-10(7-13(9)16)15(17)12-8-11(18(19)20)5-6-14(12)21-2/h3-8,15H,17H2,1-2H3. The Hall–Kier alpha value is -2.47. The third-order valence-corrected chi connectivity index (χ3v) is 3.31. The largest absolute Gasteiger partial charge is 0.496 e. The molecular formula is C15H15FN2O3. The van der Waals surface area contributed by atoms with Crippen LogP contribution >= 0.6 is 0 Å². The summed E-state index contributed by atoms with van der Waals surface area (Å²) in [6.07, 6.45) is 0. The molecule has 2 aromatic carbocycles. The first-order valence-corrected chi connectivity index (χ1v) is 6.28. The molecule has 5 nitrogen and oxygen atoms in total. The molecule has 110 valence electrons. The maximum atomic E-state index is 13.7. The first-order chi connectivity index (χ1) is 9.93. The van der Waals surface area contributed by atoms with E-state index < -0.39 is 11.0 Å². The van der Waals surface area contributed by atoms with Crippen molar-refractivity contribution in [2.75, 3.05) is 7.11 Å². The third-order valence-electron chi connectivity index (χ3n) is 3.31. The van der Waals surface area contributed by atoms with Crippen LogP contribution in [-0.4, -0.2) is 12.0 Å². The lowest BCUT2D eigenvalue weighted by Crippen LogP contribution is -2.14. The molecule has 0 bridgehead atoms. The van der Waals surface area contributed by atoms with E-state index in [2.05, 4.69) is 0 Å². The molecule has 6 heteroatoms. The number of hydrogen-bond acceptors (Lipinski definition) is 4. The molecule has 2 aromatic rings. The van der Waals surface area contributed by atoms with E-state index in [0.29, 0.717) is 22.4 Å². The van der Waals surface area contributed by atoms with Gasteiger partial charge in [-0.15, -0.1) is 0 Å². The summed E-state index contributed by atoms with van der Waals surface area (Å²) < 4.78 is 18.8. The lowest BCUT2D eigenvalue weighted by molar-refractivity contribution is -0.384. The Balaban J connectivity index is 2.50. The summed E-state index contributed by atoms with van der Waals surface area (Å²) in [5.74, 6) is 0.0569. The zero-order valence-electron chi connectivity index (χ0n) is 11.7. The molecule has 0 radical (unpaired) electrons. The van der Waals surface area contributed by atoms with Gasteiger partial charge in [-0.05, 0) is 30.2 Å². The van der Waals surface area contributed by atoms with E-state index in [-0.39, 0.29) is 11.5 Å². The minimum absolute atomic E-state index is 0.0890. The Labute approximate surface area is 121 Å². The van der Waals surface area contributed by atoms with Gasteiger partial charge in [0.2, 0.25) is 0 Å². The van der Waals surface area contributed by atoms with E-state index in [0.717, 1.165) is 0 Å². The lowest BCUT2D eigenvalue weighted by Gasteiger charge is -2.16. The third kappa shape index (κ3) is 3.00. The molecule has 0 aliphatic rings. The highest BCUT2D eigenvalue weighted by Crippen LogP contribution is 2.32. The second-order valence-electron chi connectivity index (χ2n) is 4.67. The zero-order valence-corrected chi connectivity index (χ0v) is 11.7. The molecule has 0 amide bonds. The molecule has 1 atom stereocenters. The topological polar surface area (TPSA) is 78.4 Å². The second kappa shape index (κ2) is 5.88. The van der Waals surface area contributed by atoms with Crippen LogP contribution in [0, 0.1) is 22.9 Å². The fraction of sp³-hybridized carbons (Fsp3) is 0.200. The summed E-state index contributed by atoms with van der Waals surface area (Å²) in [6.45, 7) is 1.65. The molecule has 0 heterocycles. The van der Waals surface area contributed by atoms with E-state index in [1.807, 2.05) is 0 Å². The molecular weight excluding hydrogens is 275 g/mol. The molecule has 0 aliphatic carbocycles. The van der Waals surface area contributed by atoms with Gasteiger partial charge >= 0.3 is 0 Å². The Morgan fingerprint density at radius 1 is 1.29 bits per heavy atom. The van der Waals surface area contributed by atoms with Gasteiger partial charge in [0.15, 0.2) is 0 Å². The van der Waals surface area contributed by atoms with E-state index in [4.69, 9.17) is 10.5 Å². The molecule has 0 aliphatic heterocycles. The van der Waals surface area contributed by atoms with Gasteiger partial charge in [-0.2, -0.15) is 0 Å². The number of rotatable bonds is 4. The molecule has 0 saturated carbocycles. The number of benzene rings is 2. The number of nitrogens with zero attached hydrogens (tertiary/aromatic N) is 1. The predicted octanol–water partition coefficient (Wildman–Crippen LogP) is 3.10. The van der Waals surface area contributed by atoms with Crippen molar-refractivity contribution in [2.24, 2.45) is 5.73 Å². The van der Waals surface area contributed by atoms with Crippen LogP contribution in [0.2, 0.25) is 0 Å². The van der Waals surface area contributed by atoms with Gasteiger partial charge in [0.05, 0.1) is 18.1 Å². The summed E-state index contributed by atoms with van der Waals surface area (Å²) >= 11 is 0. The number of non-ortho nitro benzene ring substituents is 1. The molecule has 0 fully saturated rings. The molecule has 2 rings (SSSR count). The van der Waals surface area contributed by atoms with Gasteiger partial charge in [-0.25, -0.2) is 4.39 Å². The fourth-order valence-corrected chi connectivity index (χ4v) is 2.06. The predicted molar refractivity (Wildman–Crippen MR) is 76.8 cm³/mol. The lowest BCUT2D eigenvalue weighted by atomic mass is 9.97. The van der Waals surface area contributed by atoms with Crippen molar-refractivity contribution in [2.45, 2.75) is 13.0 Å². The number of methoxy groups -OCH3 is 1. The Morgan fingerprint density at radius 2 is 2.00 bits per heavy atom. The van der Waals surface area contributed by atoms with Gasteiger partial charge in [-0.1, -0.05) is 12.1 Å². The van der Waals surface area contributed by atoms with Crippen LogP contribution in [0.3, 0.4) is 0 Å². The summed E-state index contributed by atoms with van der Waals surface area (Å²) in [7, 11) is 1.45. The summed E-state index contributed by atoms with van der Waals surface area (Å²) in [5, 5.41) is 10.9. The quantitative estimate of drug-likeness (QED) is 0.693. The fourth-order valence-electron chi connectivity index (χ4n) is 2.06. The maximum absolute atomic E-state index is 13.7. The second-order valence-corrected chi connectivity index (χ2v) is 4.67. The highest BCUT2D eigenvalue weighted by atomic mass is 19.1. The van der Waals surface area contributed by atoms with Gasteiger partial charge < -0.3 is 10.5 Å². The van der Waals surface area contributed by atoms with Crippen LogP contribution < -0.4 is 10.5 Å². The molecule has 0 aromatic heterocycles. The van der Waals surface area contributed by atoms with Crippen molar-refractivity contribution in [3.05, 3.63) is 69.0 Å². The van der Waals surface area contributed by atoms with Crippen LogP contribution in [0.1, 0.15) is 22.7 Å². The average molecular weight is 290 g/mol. The summed E-state index contributed by atoms with van der Waals surface area (Å²) in [5.41, 5.74) is 7.50. The van der Waals surface area contributed by atoms with E-state index in [1.165, 1.54) is 31.4 Å². The van der Waals surface area contributed by atoms with Crippen LogP contribution in [0.15, 0.2) is 36.4 Å². The van der Waals surface area contributed by atoms with Crippen molar-refractivity contribution in [1.82, 2.24) is 0 Å². The maximum Gasteiger partial charge on any atom is 0.270 e. The minimum atomic E-state index is -0.713. The first-order valence-electron chi connectivity index (χ1n) is 6.28. The molecule has 0 saturated heterocycles. The number of nitro groups is 1. The first kappa shape index (κ1) is 14.9. The van der Waals surface area contributed by atoms with E-state index in [1.54, 1.807) is 19.1 Å². The van der Waals surface area contributed by atoms with Crippen molar-refractivity contribution >= 4 is 5.69 Å². The molecule has 2 N–H and O–H groups in total. The SMILES string of the molecule is COc1ccc([N+](=O)[O-])cc1C(N)c1ccc(C)c(F)c1. The smallest absolute Gasteiger partial charge is 0.270 e. The van der Waals surface area contributed by atoms with Crippen LogP contribution in [0.5, 0.6) is 5.75 Å². The van der Waals surface area contributed by atoms with Crippen LogP contribution in [0.25, 0.3) is 0 Å². The molecule has 21 heavy (non-hydrogen) atoms. The van der Waals surface area contributed by atoms with Gasteiger partial charge in [0.25, 0.3) is 5.69 Å².